The maximum Gasteiger partial charge on any atom is 0.320 e. The van der Waals surface area contributed by atoms with Gasteiger partial charge in [-0.3, -0.25) is 15.4 Å². The Bertz CT molecular complexity index is 1240. The molecule has 2 aromatic carbocycles. The molecule has 1 aromatic heterocycles. The van der Waals surface area contributed by atoms with Gasteiger partial charge in [-0.1, -0.05) is 42.8 Å². The number of carbonyl (C=O) groups is 2. The summed E-state index contributed by atoms with van der Waals surface area (Å²) in [6.45, 7) is 0.286. The molecule has 5 rings (SSSR count). The first kappa shape index (κ1) is 23.7. The molecule has 10 heteroatoms. The van der Waals surface area contributed by atoms with E-state index < -0.39 is 12.3 Å². The van der Waals surface area contributed by atoms with Crippen molar-refractivity contribution in [1.82, 2.24) is 25.7 Å². The Hall–Kier alpha value is -4.05. The molecule has 3 atom stereocenters. The number of urea groups is 1. The van der Waals surface area contributed by atoms with Crippen molar-refractivity contribution in [2.45, 2.75) is 38.1 Å². The topological polar surface area (TPSA) is 119 Å². The lowest BCUT2D eigenvalue weighted by atomic mass is 10.0. The van der Waals surface area contributed by atoms with E-state index in [1.54, 1.807) is 31.0 Å². The van der Waals surface area contributed by atoms with E-state index >= 15 is 0 Å². The van der Waals surface area contributed by atoms with Crippen molar-refractivity contribution in [3.63, 3.8) is 0 Å². The van der Waals surface area contributed by atoms with Crippen LogP contribution >= 0.6 is 0 Å². The Morgan fingerprint density at radius 3 is 2.67 bits per heavy atom. The maximum absolute atomic E-state index is 12.9. The predicted molar refractivity (Wildman–Crippen MR) is 135 cm³/mol. The van der Waals surface area contributed by atoms with Gasteiger partial charge in [-0.25, -0.2) is 9.48 Å². The molecule has 1 saturated heterocycles. The third-order valence-corrected chi connectivity index (χ3v) is 6.70. The van der Waals surface area contributed by atoms with Crippen molar-refractivity contribution in [3.05, 3.63) is 60.2 Å². The molecule has 0 bridgehead atoms. The molecule has 1 aliphatic carbocycles. The number of carbonyl (C=O) groups excluding carboxylic acids is 2. The van der Waals surface area contributed by atoms with E-state index in [1.165, 1.54) is 0 Å². The Morgan fingerprint density at radius 2 is 1.89 bits per heavy atom. The van der Waals surface area contributed by atoms with Crippen molar-refractivity contribution < 1.29 is 19.1 Å². The summed E-state index contributed by atoms with van der Waals surface area (Å²) in [7, 11) is 3.14. The SMILES string of the molecule is COc1ccc(CNC(=O)Nc2cc(-c3ccccc3)nn2C2NC(=O)C3CCCC3N2)cc1OC. The highest BCUT2D eigenvalue weighted by atomic mass is 16.5. The Kier molecular flexibility index (Phi) is 6.77. The molecular formula is C26H30N6O4. The smallest absolute Gasteiger partial charge is 0.320 e. The number of hydrogen-bond donors (Lipinski definition) is 4. The number of nitrogens with one attached hydrogen (secondary N) is 4. The van der Waals surface area contributed by atoms with Gasteiger partial charge in [0.25, 0.3) is 0 Å². The van der Waals surface area contributed by atoms with Crippen LogP contribution in [0.3, 0.4) is 0 Å². The molecule has 2 aliphatic rings. The van der Waals surface area contributed by atoms with Crippen molar-refractivity contribution in [3.8, 4) is 22.8 Å². The van der Waals surface area contributed by atoms with Gasteiger partial charge in [-0.2, -0.15) is 5.10 Å². The molecule has 10 nitrogen and oxygen atoms in total. The summed E-state index contributed by atoms with van der Waals surface area (Å²) < 4.78 is 12.2. The zero-order valence-electron chi connectivity index (χ0n) is 20.3. The van der Waals surface area contributed by atoms with E-state index in [0.717, 1.165) is 30.4 Å². The fourth-order valence-corrected chi connectivity index (χ4v) is 4.86. The average Bonchev–Trinajstić information content (AvgIpc) is 3.55. The number of amides is 3. The molecule has 1 aliphatic heterocycles. The van der Waals surface area contributed by atoms with E-state index in [-0.39, 0.29) is 24.4 Å². The highest BCUT2D eigenvalue weighted by Crippen LogP contribution is 2.32. The van der Waals surface area contributed by atoms with E-state index in [4.69, 9.17) is 14.6 Å². The van der Waals surface area contributed by atoms with Crippen LogP contribution in [-0.2, 0) is 11.3 Å². The molecule has 36 heavy (non-hydrogen) atoms. The predicted octanol–water partition coefficient (Wildman–Crippen LogP) is 3.23. The number of methoxy groups -OCH3 is 2. The molecule has 3 unspecified atom stereocenters. The molecule has 1 saturated carbocycles. The van der Waals surface area contributed by atoms with Crippen LogP contribution in [0.15, 0.2) is 54.6 Å². The van der Waals surface area contributed by atoms with Gasteiger partial charge in [0.05, 0.1) is 25.8 Å². The molecule has 4 N–H and O–H groups in total. The molecule has 2 fully saturated rings. The van der Waals surface area contributed by atoms with E-state index in [1.807, 2.05) is 42.5 Å². The lowest BCUT2D eigenvalue weighted by Crippen LogP contribution is -2.57. The van der Waals surface area contributed by atoms with Gasteiger partial charge in [0.15, 0.2) is 17.8 Å². The van der Waals surface area contributed by atoms with Crippen molar-refractivity contribution in [2.75, 3.05) is 19.5 Å². The summed E-state index contributed by atoms with van der Waals surface area (Å²) >= 11 is 0. The number of nitrogens with zero attached hydrogens (tertiary/aromatic N) is 2. The zero-order valence-corrected chi connectivity index (χ0v) is 20.3. The fraction of sp³-hybridized carbons (Fsp3) is 0.346. The van der Waals surface area contributed by atoms with E-state index in [2.05, 4.69) is 21.3 Å². The molecule has 188 valence electrons. The first-order chi connectivity index (χ1) is 17.6. The minimum atomic E-state index is -0.560. The van der Waals surface area contributed by atoms with Crippen molar-refractivity contribution in [1.29, 1.82) is 0 Å². The summed E-state index contributed by atoms with van der Waals surface area (Å²) in [6, 6.07) is 16.7. The average molecular weight is 491 g/mol. The van der Waals surface area contributed by atoms with Crippen LogP contribution in [0.5, 0.6) is 11.5 Å². The number of benzene rings is 2. The highest BCUT2D eigenvalue weighted by molar-refractivity contribution is 5.89. The largest absolute Gasteiger partial charge is 0.493 e. The van der Waals surface area contributed by atoms with E-state index in [9.17, 15) is 9.59 Å². The van der Waals surface area contributed by atoms with Gasteiger partial charge in [0.1, 0.15) is 5.82 Å². The standard InChI is InChI=1S/C26H30N6O4/c1-35-21-12-11-16(13-22(21)36-2)15-27-26(34)29-23-14-20(17-7-4-3-5-8-17)31-32(23)25-28-19-10-6-9-18(19)24(33)30-25/h3-5,7-8,11-14,18-19,25,28H,6,9-10,15H2,1-2H3,(H,30,33)(H2,27,29,34). The minimum Gasteiger partial charge on any atom is -0.493 e. The number of hydrogen-bond acceptors (Lipinski definition) is 6. The Balaban J connectivity index is 1.34. The van der Waals surface area contributed by atoms with Crippen LogP contribution in [0.1, 0.15) is 31.1 Å². The van der Waals surface area contributed by atoms with Crippen LogP contribution in [0.2, 0.25) is 0 Å². The Morgan fingerprint density at radius 1 is 1.08 bits per heavy atom. The second-order valence-electron chi connectivity index (χ2n) is 8.94. The number of ether oxygens (including phenoxy) is 2. The third kappa shape index (κ3) is 4.85. The van der Waals surface area contributed by atoms with Gasteiger partial charge in [0.2, 0.25) is 5.91 Å². The first-order valence-corrected chi connectivity index (χ1v) is 12.0. The van der Waals surface area contributed by atoms with Crippen molar-refractivity contribution >= 4 is 17.8 Å². The van der Waals surface area contributed by atoms with Crippen LogP contribution < -0.4 is 30.7 Å². The number of fused-ring (bicyclic) bond motifs is 1. The summed E-state index contributed by atoms with van der Waals surface area (Å²) in [4.78, 5) is 25.6. The van der Waals surface area contributed by atoms with Crippen molar-refractivity contribution in [2.24, 2.45) is 5.92 Å². The lowest BCUT2D eigenvalue weighted by Gasteiger charge is -2.34. The summed E-state index contributed by atoms with van der Waals surface area (Å²) in [5.41, 5.74) is 2.45. The van der Waals surface area contributed by atoms with Gasteiger partial charge in [0, 0.05) is 24.2 Å². The normalized spacial score (nSPS) is 20.8. The zero-order chi connectivity index (χ0) is 25.1. The molecule has 3 amide bonds. The third-order valence-electron chi connectivity index (χ3n) is 6.70. The van der Waals surface area contributed by atoms with Gasteiger partial charge >= 0.3 is 6.03 Å². The highest BCUT2D eigenvalue weighted by Gasteiger charge is 2.40. The van der Waals surface area contributed by atoms with Crippen LogP contribution in [0, 0.1) is 5.92 Å². The van der Waals surface area contributed by atoms with Gasteiger partial charge in [-0.15, -0.1) is 0 Å². The second kappa shape index (κ2) is 10.3. The number of aromatic nitrogens is 2. The van der Waals surface area contributed by atoms with Crippen LogP contribution in [-0.4, -0.2) is 42.0 Å². The number of rotatable bonds is 7. The molecule has 0 radical (unpaired) electrons. The second-order valence-corrected chi connectivity index (χ2v) is 8.94. The first-order valence-electron chi connectivity index (χ1n) is 12.0. The Labute approximate surface area is 209 Å². The van der Waals surface area contributed by atoms with E-state index in [0.29, 0.717) is 23.0 Å². The molecule has 0 spiro atoms. The minimum absolute atomic E-state index is 0.0156. The molecular weight excluding hydrogens is 460 g/mol. The maximum atomic E-state index is 12.9. The quantitative estimate of drug-likeness (QED) is 0.404. The fourth-order valence-electron chi connectivity index (χ4n) is 4.86. The monoisotopic (exact) mass is 490 g/mol. The summed E-state index contributed by atoms with van der Waals surface area (Å²) in [6.07, 6.45) is 2.28. The number of anilines is 1. The van der Waals surface area contributed by atoms with Gasteiger partial charge in [-0.05, 0) is 30.5 Å². The van der Waals surface area contributed by atoms with Crippen LogP contribution in [0.25, 0.3) is 11.3 Å². The summed E-state index contributed by atoms with van der Waals surface area (Å²) in [5.74, 6) is 1.67. The molecule has 2 heterocycles. The van der Waals surface area contributed by atoms with Gasteiger partial charge < -0.3 is 20.1 Å². The summed E-state index contributed by atoms with van der Waals surface area (Å²) in [5, 5.41) is 17.0. The van der Waals surface area contributed by atoms with Crippen LogP contribution in [0.4, 0.5) is 10.6 Å². The molecule has 3 aromatic rings. The lowest BCUT2D eigenvalue weighted by molar-refractivity contribution is -0.130.